The first-order valence-corrected chi connectivity index (χ1v) is 6.65. The summed E-state index contributed by atoms with van der Waals surface area (Å²) in [5.41, 5.74) is 4.12. The quantitative estimate of drug-likeness (QED) is 0.637. The Labute approximate surface area is 115 Å². The van der Waals surface area contributed by atoms with E-state index in [0.29, 0.717) is 12.2 Å². The zero-order chi connectivity index (χ0) is 14.6. The molecule has 19 heavy (non-hydrogen) atoms. The lowest BCUT2D eigenvalue weighted by atomic mass is 9.82. The minimum Gasteiger partial charge on any atom is -0.376 e. The lowest BCUT2D eigenvalue weighted by Gasteiger charge is -2.36. The van der Waals surface area contributed by atoms with Gasteiger partial charge in [0, 0.05) is 12.2 Å². The Morgan fingerprint density at radius 2 is 2.00 bits per heavy atom. The minimum atomic E-state index is -0.375. The molecule has 0 aliphatic heterocycles. The molecule has 108 valence electrons. The second kappa shape index (κ2) is 6.46. The van der Waals surface area contributed by atoms with E-state index in [4.69, 9.17) is 10.6 Å². The van der Waals surface area contributed by atoms with Crippen LogP contribution >= 0.6 is 0 Å². The van der Waals surface area contributed by atoms with Gasteiger partial charge in [0.15, 0.2) is 0 Å². The molecule has 0 bridgehead atoms. The van der Waals surface area contributed by atoms with E-state index in [1.165, 1.54) is 6.07 Å². The third kappa shape index (κ3) is 4.00. The van der Waals surface area contributed by atoms with E-state index >= 15 is 0 Å². The standard InChI is InChI=1S/C15H25FN2O/c1-6-19-14(15(3,4)5)13(18-17)11-9-10(2)7-8-12(11)16/h7-9,13-14,18H,6,17H2,1-5H3. The number of ether oxygens (including phenoxy) is 1. The molecule has 1 aromatic rings. The van der Waals surface area contributed by atoms with Crippen LogP contribution in [0.1, 0.15) is 44.9 Å². The Morgan fingerprint density at radius 1 is 1.37 bits per heavy atom. The van der Waals surface area contributed by atoms with Crippen molar-refractivity contribution >= 4 is 0 Å². The Hall–Kier alpha value is -0.970. The molecular formula is C15H25FN2O. The van der Waals surface area contributed by atoms with Crippen LogP contribution in [0.4, 0.5) is 4.39 Å². The van der Waals surface area contributed by atoms with Crippen LogP contribution in [0.3, 0.4) is 0 Å². The van der Waals surface area contributed by atoms with E-state index in [9.17, 15) is 4.39 Å². The topological polar surface area (TPSA) is 47.3 Å². The normalized spacial score (nSPS) is 15.3. The van der Waals surface area contributed by atoms with Crippen LogP contribution in [0.15, 0.2) is 18.2 Å². The molecule has 1 rings (SSSR count). The van der Waals surface area contributed by atoms with Crippen LogP contribution in [0, 0.1) is 18.2 Å². The highest BCUT2D eigenvalue weighted by molar-refractivity contribution is 5.28. The highest BCUT2D eigenvalue weighted by Crippen LogP contribution is 2.33. The van der Waals surface area contributed by atoms with Gasteiger partial charge in [0.2, 0.25) is 0 Å². The van der Waals surface area contributed by atoms with Gasteiger partial charge >= 0.3 is 0 Å². The summed E-state index contributed by atoms with van der Waals surface area (Å²) in [5, 5.41) is 0. The predicted octanol–water partition coefficient (Wildman–Crippen LogP) is 3.09. The average molecular weight is 268 g/mol. The van der Waals surface area contributed by atoms with Crippen molar-refractivity contribution in [3.8, 4) is 0 Å². The fourth-order valence-corrected chi connectivity index (χ4v) is 2.27. The van der Waals surface area contributed by atoms with Gasteiger partial charge < -0.3 is 4.74 Å². The molecule has 2 atom stereocenters. The van der Waals surface area contributed by atoms with Crippen LogP contribution in [0.5, 0.6) is 0 Å². The molecule has 0 spiro atoms. The molecule has 4 heteroatoms. The number of benzene rings is 1. The molecule has 0 saturated heterocycles. The lowest BCUT2D eigenvalue weighted by molar-refractivity contribution is -0.0373. The maximum Gasteiger partial charge on any atom is 0.128 e. The average Bonchev–Trinajstić information content (AvgIpc) is 2.32. The fourth-order valence-electron chi connectivity index (χ4n) is 2.27. The third-order valence-corrected chi connectivity index (χ3v) is 3.17. The van der Waals surface area contributed by atoms with Crippen molar-refractivity contribution in [3.63, 3.8) is 0 Å². The predicted molar refractivity (Wildman–Crippen MR) is 76.1 cm³/mol. The second-order valence-corrected chi connectivity index (χ2v) is 5.91. The van der Waals surface area contributed by atoms with Gasteiger partial charge in [-0.1, -0.05) is 38.5 Å². The zero-order valence-electron chi connectivity index (χ0n) is 12.5. The summed E-state index contributed by atoms with van der Waals surface area (Å²) in [6.45, 7) is 10.6. The van der Waals surface area contributed by atoms with Crippen LogP contribution in [0.25, 0.3) is 0 Å². The number of rotatable bonds is 5. The lowest BCUT2D eigenvalue weighted by Crippen LogP contribution is -2.45. The van der Waals surface area contributed by atoms with Crippen molar-refractivity contribution in [2.45, 2.75) is 46.8 Å². The molecule has 0 aliphatic rings. The molecule has 3 nitrogen and oxygen atoms in total. The van der Waals surface area contributed by atoms with Crippen molar-refractivity contribution in [1.29, 1.82) is 0 Å². The summed E-state index contributed by atoms with van der Waals surface area (Å²) in [5.74, 6) is 5.39. The molecular weight excluding hydrogens is 243 g/mol. The first kappa shape index (κ1) is 16.1. The summed E-state index contributed by atoms with van der Waals surface area (Å²) in [6.07, 6.45) is -0.209. The maximum atomic E-state index is 14.0. The molecule has 0 fully saturated rings. The van der Waals surface area contributed by atoms with Crippen LogP contribution in [0.2, 0.25) is 0 Å². The number of hydrogen-bond donors (Lipinski definition) is 2. The largest absolute Gasteiger partial charge is 0.376 e. The molecule has 3 N–H and O–H groups in total. The van der Waals surface area contributed by atoms with E-state index in [1.807, 2.05) is 19.9 Å². The summed E-state index contributed by atoms with van der Waals surface area (Å²) in [6, 6.07) is 4.66. The van der Waals surface area contributed by atoms with Crippen LogP contribution < -0.4 is 11.3 Å². The Balaban J connectivity index is 3.19. The summed E-state index contributed by atoms with van der Waals surface area (Å²) < 4.78 is 19.8. The third-order valence-electron chi connectivity index (χ3n) is 3.17. The Bertz CT molecular complexity index is 415. The highest BCUT2D eigenvalue weighted by atomic mass is 19.1. The van der Waals surface area contributed by atoms with Gasteiger partial charge in [-0.15, -0.1) is 0 Å². The number of hydrogen-bond acceptors (Lipinski definition) is 3. The van der Waals surface area contributed by atoms with Crippen molar-refractivity contribution in [2.24, 2.45) is 11.3 Å². The second-order valence-electron chi connectivity index (χ2n) is 5.91. The SMILES string of the molecule is CCOC(C(NN)c1cc(C)ccc1F)C(C)(C)C. The molecule has 0 saturated carbocycles. The Kier molecular flexibility index (Phi) is 5.47. The molecule has 0 radical (unpaired) electrons. The molecule has 2 unspecified atom stereocenters. The number of nitrogens with two attached hydrogens (primary N) is 1. The van der Waals surface area contributed by atoms with Gasteiger partial charge in [-0.05, 0) is 25.3 Å². The van der Waals surface area contributed by atoms with Gasteiger partial charge in [0.05, 0.1) is 12.1 Å². The molecule has 0 aliphatic carbocycles. The first-order valence-electron chi connectivity index (χ1n) is 6.65. The summed E-state index contributed by atoms with van der Waals surface area (Å²) in [7, 11) is 0. The number of aryl methyl sites for hydroxylation is 1. The monoisotopic (exact) mass is 268 g/mol. The zero-order valence-corrected chi connectivity index (χ0v) is 12.5. The molecule has 0 aromatic heterocycles. The van der Waals surface area contributed by atoms with Gasteiger partial charge in [0.25, 0.3) is 0 Å². The van der Waals surface area contributed by atoms with Crippen LogP contribution in [-0.4, -0.2) is 12.7 Å². The van der Waals surface area contributed by atoms with E-state index in [-0.39, 0.29) is 23.4 Å². The maximum absolute atomic E-state index is 14.0. The Morgan fingerprint density at radius 3 is 2.47 bits per heavy atom. The number of hydrazine groups is 1. The van der Waals surface area contributed by atoms with Crippen molar-refractivity contribution in [2.75, 3.05) is 6.61 Å². The summed E-state index contributed by atoms with van der Waals surface area (Å²) >= 11 is 0. The van der Waals surface area contributed by atoms with E-state index < -0.39 is 0 Å². The van der Waals surface area contributed by atoms with E-state index in [1.54, 1.807) is 6.07 Å². The van der Waals surface area contributed by atoms with E-state index in [2.05, 4.69) is 26.2 Å². The van der Waals surface area contributed by atoms with Gasteiger partial charge in [-0.25, -0.2) is 4.39 Å². The van der Waals surface area contributed by atoms with Gasteiger partial charge in [0.1, 0.15) is 5.82 Å². The van der Waals surface area contributed by atoms with Crippen molar-refractivity contribution < 1.29 is 9.13 Å². The highest BCUT2D eigenvalue weighted by Gasteiger charge is 2.34. The fraction of sp³-hybridized carbons (Fsp3) is 0.600. The smallest absolute Gasteiger partial charge is 0.128 e. The van der Waals surface area contributed by atoms with Crippen molar-refractivity contribution in [3.05, 3.63) is 35.1 Å². The van der Waals surface area contributed by atoms with E-state index in [0.717, 1.165) is 5.56 Å². The molecule has 1 aromatic carbocycles. The van der Waals surface area contributed by atoms with Gasteiger partial charge in [-0.2, -0.15) is 0 Å². The van der Waals surface area contributed by atoms with Gasteiger partial charge in [-0.3, -0.25) is 11.3 Å². The van der Waals surface area contributed by atoms with Crippen LogP contribution in [-0.2, 0) is 4.74 Å². The number of halogens is 1. The summed E-state index contributed by atoms with van der Waals surface area (Å²) in [4.78, 5) is 0. The minimum absolute atomic E-state index is 0.150. The molecule has 0 heterocycles. The molecule has 0 amide bonds. The first-order chi connectivity index (χ1) is 8.81. The number of nitrogens with one attached hydrogen (secondary N) is 1. The van der Waals surface area contributed by atoms with Crippen molar-refractivity contribution in [1.82, 2.24) is 5.43 Å².